The smallest absolute Gasteiger partial charge is 0.290 e. The zero-order valence-electron chi connectivity index (χ0n) is 15.2. The van der Waals surface area contributed by atoms with Crippen LogP contribution in [-0.4, -0.2) is 62.2 Å². The molecule has 1 aliphatic heterocycles. The molecule has 0 radical (unpaired) electrons. The molecular formula is C18H23N7O2. The van der Waals surface area contributed by atoms with Crippen LogP contribution in [0, 0.1) is 6.92 Å². The molecule has 1 aromatic carbocycles. The van der Waals surface area contributed by atoms with Gasteiger partial charge in [0.1, 0.15) is 12.1 Å². The maximum atomic E-state index is 8.36. The first-order valence-electron chi connectivity index (χ1n) is 8.68. The summed E-state index contributed by atoms with van der Waals surface area (Å²) in [7, 11) is 0. The first-order chi connectivity index (χ1) is 13.1. The van der Waals surface area contributed by atoms with Crippen LogP contribution < -0.4 is 10.6 Å². The summed E-state index contributed by atoms with van der Waals surface area (Å²) < 4.78 is 1.69. The molecule has 3 heterocycles. The third-order valence-electron chi connectivity index (χ3n) is 4.66. The normalized spacial score (nSPS) is 14.6. The van der Waals surface area contributed by atoms with Crippen LogP contribution in [0.3, 0.4) is 0 Å². The third kappa shape index (κ3) is 4.32. The molecule has 0 unspecified atom stereocenters. The van der Waals surface area contributed by atoms with Gasteiger partial charge in [-0.15, -0.1) is 10.2 Å². The Morgan fingerprint density at radius 3 is 2.63 bits per heavy atom. The van der Waals surface area contributed by atoms with E-state index < -0.39 is 0 Å². The van der Waals surface area contributed by atoms with Crippen molar-refractivity contribution in [1.82, 2.24) is 24.5 Å². The van der Waals surface area contributed by atoms with Crippen LogP contribution in [0.1, 0.15) is 11.1 Å². The van der Waals surface area contributed by atoms with Gasteiger partial charge in [0.15, 0.2) is 5.65 Å². The Morgan fingerprint density at radius 2 is 1.93 bits per heavy atom. The molecule has 1 fully saturated rings. The number of nitrogens with zero attached hydrogens (tertiary/aromatic N) is 6. The van der Waals surface area contributed by atoms with E-state index in [1.54, 1.807) is 10.7 Å². The van der Waals surface area contributed by atoms with Crippen molar-refractivity contribution in [2.75, 3.05) is 36.8 Å². The molecule has 0 saturated carbocycles. The summed E-state index contributed by atoms with van der Waals surface area (Å²) in [6.45, 7) is 6.80. The highest BCUT2D eigenvalue weighted by Gasteiger charge is 2.19. The van der Waals surface area contributed by atoms with Crippen molar-refractivity contribution in [3.63, 3.8) is 0 Å². The van der Waals surface area contributed by atoms with Gasteiger partial charge in [-0.05, 0) is 18.1 Å². The van der Waals surface area contributed by atoms with Crippen LogP contribution in [0.25, 0.3) is 5.65 Å². The van der Waals surface area contributed by atoms with E-state index in [-0.39, 0.29) is 6.47 Å². The van der Waals surface area contributed by atoms with E-state index in [0.29, 0.717) is 5.95 Å². The minimum Gasteiger partial charge on any atom is -0.483 e. The summed E-state index contributed by atoms with van der Waals surface area (Å²) in [6.07, 6.45) is 1.58. The van der Waals surface area contributed by atoms with Crippen molar-refractivity contribution in [3.05, 3.63) is 47.8 Å². The van der Waals surface area contributed by atoms with Crippen LogP contribution in [0.5, 0.6) is 0 Å². The van der Waals surface area contributed by atoms with Crippen LogP contribution in [0.15, 0.2) is 36.7 Å². The van der Waals surface area contributed by atoms with E-state index in [9.17, 15) is 0 Å². The van der Waals surface area contributed by atoms with Gasteiger partial charge < -0.3 is 15.7 Å². The highest BCUT2D eigenvalue weighted by Crippen LogP contribution is 2.19. The van der Waals surface area contributed by atoms with Gasteiger partial charge in [0.2, 0.25) is 5.95 Å². The van der Waals surface area contributed by atoms with Gasteiger partial charge in [0.05, 0.1) is 0 Å². The van der Waals surface area contributed by atoms with Crippen molar-refractivity contribution in [2.24, 2.45) is 0 Å². The number of nitrogens with two attached hydrogens (primary N) is 1. The summed E-state index contributed by atoms with van der Waals surface area (Å²) in [5.41, 5.74) is 9.48. The van der Waals surface area contributed by atoms with E-state index in [1.807, 2.05) is 6.07 Å². The molecule has 9 heteroatoms. The largest absolute Gasteiger partial charge is 0.483 e. The first-order valence-corrected chi connectivity index (χ1v) is 8.68. The number of aryl methyl sites for hydroxylation is 1. The average molecular weight is 369 g/mol. The fourth-order valence-corrected chi connectivity index (χ4v) is 3.16. The van der Waals surface area contributed by atoms with Gasteiger partial charge in [-0.1, -0.05) is 24.3 Å². The molecule has 0 atom stereocenters. The molecule has 9 nitrogen and oxygen atoms in total. The molecular weight excluding hydrogens is 346 g/mol. The zero-order chi connectivity index (χ0) is 19.2. The Morgan fingerprint density at radius 1 is 1.22 bits per heavy atom. The topological polar surface area (TPSA) is 113 Å². The number of carboxylic acid groups (broad SMARTS) is 1. The van der Waals surface area contributed by atoms with Crippen LogP contribution >= 0.6 is 0 Å². The summed E-state index contributed by atoms with van der Waals surface area (Å²) in [5.74, 6) is 1.30. The van der Waals surface area contributed by atoms with Gasteiger partial charge in [0, 0.05) is 38.8 Å². The first kappa shape index (κ1) is 18.6. The number of carbonyl (C=O) groups is 1. The molecule has 0 bridgehead atoms. The second-order valence-electron chi connectivity index (χ2n) is 6.33. The quantitative estimate of drug-likeness (QED) is 0.659. The molecule has 0 aliphatic carbocycles. The molecule has 2 aromatic heterocycles. The molecule has 3 aromatic rings. The molecule has 1 aliphatic rings. The monoisotopic (exact) mass is 369 g/mol. The Labute approximate surface area is 157 Å². The van der Waals surface area contributed by atoms with Crippen molar-refractivity contribution >= 4 is 23.9 Å². The maximum absolute atomic E-state index is 8.36. The van der Waals surface area contributed by atoms with E-state index in [4.69, 9.17) is 15.6 Å². The lowest BCUT2D eigenvalue weighted by Gasteiger charge is -2.35. The summed E-state index contributed by atoms with van der Waals surface area (Å²) in [5, 5.41) is 14.8. The Hall–Kier alpha value is -3.20. The molecule has 3 N–H and O–H groups in total. The maximum Gasteiger partial charge on any atom is 0.290 e. The fraction of sp³-hybridized carbons (Fsp3) is 0.333. The lowest BCUT2D eigenvalue weighted by molar-refractivity contribution is -0.122. The number of anilines is 2. The van der Waals surface area contributed by atoms with Gasteiger partial charge in [-0.25, -0.2) is 0 Å². The van der Waals surface area contributed by atoms with E-state index in [0.717, 1.165) is 44.2 Å². The number of benzene rings is 1. The lowest BCUT2D eigenvalue weighted by atomic mass is 10.1. The minimum atomic E-state index is -0.250. The number of hydrogen-bond donors (Lipinski definition) is 2. The highest BCUT2D eigenvalue weighted by molar-refractivity contribution is 5.55. The Balaban J connectivity index is 0.000000659. The van der Waals surface area contributed by atoms with Crippen LogP contribution in [0.2, 0.25) is 0 Å². The van der Waals surface area contributed by atoms with Crippen molar-refractivity contribution in [1.29, 1.82) is 0 Å². The number of rotatable bonds is 3. The van der Waals surface area contributed by atoms with Crippen LogP contribution in [-0.2, 0) is 11.3 Å². The van der Waals surface area contributed by atoms with E-state index in [1.165, 1.54) is 11.1 Å². The Bertz CT molecular complexity index is 904. The fourth-order valence-electron chi connectivity index (χ4n) is 3.16. The zero-order valence-corrected chi connectivity index (χ0v) is 15.2. The summed E-state index contributed by atoms with van der Waals surface area (Å²) in [6, 6.07) is 10.5. The lowest BCUT2D eigenvalue weighted by Crippen LogP contribution is -2.46. The number of nitrogen functional groups attached to an aromatic ring is 1. The summed E-state index contributed by atoms with van der Waals surface area (Å²) >= 11 is 0. The second kappa shape index (κ2) is 8.45. The third-order valence-corrected chi connectivity index (χ3v) is 4.66. The van der Waals surface area contributed by atoms with Crippen molar-refractivity contribution < 1.29 is 9.90 Å². The highest BCUT2D eigenvalue weighted by atomic mass is 16.3. The summed E-state index contributed by atoms with van der Waals surface area (Å²) in [4.78, 5) is 17.6. The van der Waals surface area contributed by atoms with Crippen molar-refractivity contribution in [3.8, 4) is 0 Å². The molecule has 0 spiro atoms. The average Bonchev–Trinajstić information content (AvgIpc) is 3.14. The molecule has 1 saturated heterocycles. The molecule has 142 valence electrons. The standard InChI is InChI=1S/C17H21N7.CH2O2/c1-13-4-2-3-5-14(13)11-22-6-8-23(9-7-22)15-10-16-21-19-12-24(16)17(18)20-15;2-1-3/h2-5,10,12H,6-9,11H2,1H3,(H2,18,20);1H,(H,2,3). The van der Waals surface area contributed by atoms with E-state index in [2.05, 4.69) is 56.2 Å². The predicted octanol–water partition coefficient (Wildman–Crippen LogP) is 1.04. The minimum absolute atomic E-state index is 0.250. The Kier molecular flexibility index (Phi) is 5.82. The number of hydrogen-bond acceptors (Lipinski definition) is 7. The van der Waals surface area contributed by atoms with Crippen molar-refractivity contribution in [2.45, 2.75) is 13.5 Å². The molecule has 4 rings (SSSR count). The van der Waals surface area contributed by atoms with Gasteiger partial charge in [0.25, 0.3) is 6.47 Å². The van der Waals surface area contributed by atoms with Crippen LogP contribution in [0.4, 0.5) is 11.8 Å². The predicted molar refractivity (Wildman–Crippen MR) is 103 cm³/mol. The second-order valence-corrected chi connectivity index (χ2v) is 6.33. The van der Waals surface area contributed by atoms with Gasteiger partial charge in [-0.2, -0.15) is 4.98 Å². The van der Waals surface area contributed by atoms with Gasteiger partial charge >= 0.3 is 0 Å². The molecule has 27 heavy (non-hydrogen) atoms. The van der Waals surface area contributed by atoms with Gasteiger partial charge in [-0.3, -0.25) is 14.1 Å². The number of fused-ring (bicyclic) bond motifs is 1. The van der Waals surface area contributed by atoms with E-state index >= 15 is 0 Å². The molecule has 0 amide bonds. The number of piperazine rings is 1. The number of aromatic nitrogens is 4. The SMILES string of the molecule is Cc1ccccc1CN1CCN(c2cc3nncn3c(N)n2)CC1.O=CO.